The minimum absolute atomic E-state index is 0.0289. The van der Waals surface area contributed by atoms with E-state index in [1.54, 1.807) is 0 Å². The Labute approximate surface area is 93.8 Å². The summed E-state index contributed by atoms with van der Waals surface area (Å²) in [7, 11) is -3.80. The molecule has 0 bridgehead atoms. The van der Waals surface area contributed by atoms with Gasteiger partial charge >= 0.3 is 0 Å². The summed E-state index contributed by atoms with van der Waals surface area (Å²) in [5.74, 6) is -1.38. The molecule has 0 fully saturated rings. The Morgan fingerprint density at radius 1 is 1.25 bits per heavy atom. The Hall–Kier alpha value is -1.51. The van der Waals surface area contributed by atoms with Gasteiger partial charge < -0.3 is 5.73 Å². The van der Waals surface area contributed by atoms with Crippen molar-refractivity contribution in [3.63, 3.8) is 0 Å². The van der Waals surface area contributed by atoms with Crippen molar-refractivity contribution < 1.29 is 22.6 Å². The summed E-state index contributed by atoms with van der Waals surface area (Å²) in [6.07, 6.45) is 2.03. The highest BCUT2D eigenvalue weighted by atomic mass is 32.2. The number of hydrogen-bond acceptors (Lipinski definition) is 5. The van der Waals surface area contributed by atoms with Crippen LogP contribution in [0, 0.1) is 0 Å². The molecule has 0 saturated carbocycles. The molecule has 16 heavy (non-hydrogen) atoms. The SMILES string of the molecule is C=CC(=O)NC(=O)C=C.NCCS(=O)(=O)O. The lowest BCUT2D eigenvalue weighted by molar-refractivity contribution is -0.125. The molecule has 0 saturated heterocycles. The number of imide groups is 1. The highest BCUT2D eigenvalue weighted by molar-refractivity contribution is 7.85. The van der Waals surface area contributed by atoms with Crippen LogP contribution in [0.25, 0.3) is 0 Å². The summed E-state index contributed by atoms with van der Waals surface area (Å²) in [6, 6.07) is 0. The molecule has 0 aliphatic carbocycles. The molecule has 0 aromatic carbocycles. The number of nitrogens with two attached hydrogens (primary N) is 1. The zero-order valence-electron chi connectivity index (χ0n) is 8.55. The first-order chi connectivity index (χ1) is 7.26. The lowest BCUT2D eigenvalue weighted by Gasteiger charge is -1.91. The number of hydrogen-bond donors (Lipinski definition) is 3. The molecule has 92 valence electrons. The smallest absolute Gasteiger partial charge is 0.266 e. The van der Waals surface area contributed by atoms with Crippen LogP contribution < -0.4 is 11.1 Å². The van der Waals surface area contributed by atoms with Gasteiger partial charge in [0.1, 0.15) is 0 Å². The third-order valence-corrected chi connectivity index (χ3v) is 1.74. The molecule has 4 N–H and O–H groups in total. The number of carbonyl (C=O) groups excluding carboxylic acids is 2. The molecule has 0 heterocycles. The molecular formula is C8H14N2O5S. The molecule has 8 heteroatoms. The predicted octanol–water partition coefficient (Wildman–Crippen LogP) is -1.17. The summed E-state index contributed by atoms with van der Waals surface area (Å²) in [5.41, 5.74) is 4.78. The zero-order chi connectivity index (χ0) is 13.2. The largest absolute Gasteiger partial charge is 0.329 e. The van der Waals surface area contributed by atoms with Crippen LogP contribution in [0.2, 0.25) is 0 Å². The molecule has 7 nitrogen and oxygen atoms in total. The number of nitrogens with one attached hydrogen (secondary N) is 1. The van der Waals surface area contributed by atoms with Gasteiger partial charge in [0.15, 0.2) is 0 Å². The van der Waals surface area contributed by atoms with Crippen LogP contribution in [-0.4, -0.2) is 37.1 Å². The van der Waals surface area contributed by atoms with Crippen molar-refractivity contribution in [2.24, 2.45) is 5.73 Å². The number of carbonyl (C=O) groups is 2. The van der Waals surface area contributed by atoms with E-state index in [4.69, 9.17) is 10.3 Å². The fourth-order valence-corrected chi connectivity index (χ4v) is 0.670. The van der Waals surface area contributed by atoms with E-state index >= 15 is 0 Å². The highest BCUT2D eigenvalue weighted by Crippen LogP contribution is 1.74. The molecular weight excluding hydrogens is 236 g/mol. The Kier molecular flexibility index (Phi) is 9.27. The van der Waals surface area contributed by atoms with Crippen LogP contribution in [0.1, 0.15) is 0 Å². The summed E-state index contributed by atoms with van der Waals surface area (Å²) < 4.78 is 27.3. The van der Waals surface area contributed by atoms with Crippen molar-refractivity contribution in [2.75, 3.05) is 12.3 Å². The lowest BCUT2D eigenvalue weighted by atomic mass is 10.5. The molecule has 2 amide bonds. The molecule has 0 aromatic rings. The predicted molar refractivity (Wildman–Crippen MR) is 59.0 cm³/mol. The summed E-state index contributed by atoms with van der Waals surface area (Å²) in [6.45, 7) is 6.27. The van der Waals surface area contributed by atoms with E-state index in [9.17, 15) is 18.0 Å². The van der Waals surface area contributed by atoms with Crippen molar-refractivity contribution in [1.29, 1.82) is 0 Å². The maximum absolute atomic E-state index is 10.3. The third kappa shape index (κ3) is 15.0. The van der Waals surface area contributed by atoms with Crippen molar-refractivity contribution in [1.82, 2.24) is 5.32 Å². The normalized spacial score (nSPS) is 9.38. The molecule has 0 spiro atoms. The Morgan fingerprint density at radius 2 is 1.62 bits per heavy atom. The van der Waals surface area contributed by atoms with Crippen molar-refractivity contribution in [3.05, 3.63) is 25.3 Å². The summed E-state index contributed by atoms with van der Waals surface area (Å²) in [4.78, 5) is 20.6. The summed E-state index contributed by atoms with van der Waals surface area (Å²) >= 11 is 0. The fourth-order valence-electron chi connectivity index (χ4n) is 0.372. The van der Waals surface area contributed by atoms with Gasteiger partial charge in [0.05, 0.1) is 5.75 Å². The first-order valence-corrected chi connectivity index (χ1v) is 5.62. The molecule has 0 rings (SSSR count). The Balaban J connectivity index is 0. The van der Waals surface area contributed by atoms with E-state index in [1.807, 2.05) is 5.32 Å². The fraction of sp³-hybridized carbons (Fsp3) is 0.250. The van der Waals surface area contributed by atoms with Crippen LogP contribution in [-0.2, 0) is 19.7 Å². The molecule has 0 radical (unpaired) electrons. The standard InChI is InChI=1S/C6H7NO2.C2H7NO3S/c1-3-5(8)7-6(9)4-2;3-1-2-7(4,5)6/h3-4H,1-2H2,(H,7,8,9);1-3H2,(H,4,5,6). The lowest BCUT2D eigenvalue weighted by Crippen LogP contribution is -2.26. The second kappa shape index (κ2) is 8.77. The van der Waals surface area contributed by atoms with Gasteiger partial charge in [-0.15, -0.1) is 0 Å². The molecule has 0 unspecified atom stereocenters. The number of amides is 2. The average Bonchev–Trinajstić information content (AvgIpc) is 2.16. The Bertz CT molecular complexity index is 343. The van der Waals surface area contributed by atoms with Crippen molar-refractivity contribution in [3.8, 4) is 0 Å². The van der Waals surface area contributed by atoms with Crippen LogP contribution in [0.4, 0.5) is 0 Å². The zero-order valence-corrected chi connectivity index (χ0v) is 9.37. The number of rotatable bonds is 4. The monoisotopic (exact) mass is 250 g/mol. The van der Waals surface area contributed by atoms with E-state index in [2.05, 4.69) is 13.2 Å². The van der Waals surface area contributed by atoms with Gasteiger partial charge in [0.2, 0.25) is 11.8 Å². The molecule has 0 aromatic heterocycles. The second-order valence-electron chi connectivity index (χ2n) is 2.34. The van der Waals surface area contributed by atoms with E-state index in [-0.39, 0.29) is 12.3 Å². The van der Waals surface area contributed by atoms with Crippen LogP contribution in [0.15, 0.2) is 25.3 Å². The van der Waals surface area contributed by atoms with Gasteiger partial charge in [-0.1, -0.05) is 13.2 Å². The molecule has 0 aliphatic rings. The first-order valence-electron chi connectivity index (χ1n) is 4.01. The van der Waals surface area contributed by atoms with Gasteiger partial charge in [-0.2, -0.15) is 8.42 Å². The Morgan fingerprint density at radius 3 is 1.75 bits per heavy atom. The van der Waals surface area contributed by atoms with Gasteiger partial charge in [0, 0.05) is 6.54 Å². The van der Waals surface area contributed by atoms with Gasteiger partial charge in [-0.25, -0.2) is 0 Å². The van der Waals surface area contributed by atoms with Crippen LogP contribution >= 0.6 is 0 Å². The van der Waals surface area contributed by atoms with Gasteiger partial charge in [-0.05, 0) is 12.2 Å². The quantitative estimate of drug-likeness (QED) is 0.426. The van der Waals surface area contributed by atoms with Gasteiger partial charge in [-0.3, -0.25) is 19.5 Å². The summed E-state index contributed by atoms with van der Waals surface area (Å²) in [5, 5.41) is 1.97. The van der Waals surface area contributed by atoms with E-state index in [0.717, 1.165) is 12.2 Å². The van der Waals surface area contributed by atoms with Gasteiger partial charge in [0.25, 0.3) is 10.1 Å². The average molecular weight is 250 g/mol. The third-order valence-electron chi connectivity index (χ3n) is 0.993. The van der Waals surface area contributed by atoms with E-state index < -0.39 is 21.9 Å². The maximum atomic E-state index is 10.3. The van der Waals surface area contributed by atoms with E-state index in [0.29, 0.717) is 0 Å². The molecule has 0 atom stereocenters. The second-order valence-corrected chi connectivity index (χ2v) is 3.91. The minimum atomic E-state index is -3.80. The molecule has 0 aliphatic heterocycles. The first kappa shape index (κ1) is 16.9. The maximum Gasteiger partial charge on any atom is 0.266 e. The highest BCUT2D eigenvalue weighted by Gasteiger charge is 1.98. The van der Waals surface area contributed by atoms with E-state index in [1.165, 1.54) is 0 Å². The van der Waals surface area contributed by atoms with Crippen molar-refractivity contribution >= 4 is 21.9 Å². The van der Waals surface area contributed by atoms with Crippen LogP contribution in [0.3, 0.4) is 0 Å². The minimum Gasteiger partial charge on any atom is -0.329 e. The van der Waals surface area contributed by atoms with Crippen molar-refractivity contribution in [2.45, 2.75) is 0 Å². The topological polar surface area (TPSA) is 127 Å². The van der Waals surface area contributed by atoms with Crippen LogP contribution in [0.5, 0.6) is 0 Å².